The zero-order valence-electron chi connectivity index (χ0n) is 12.3. The van der Waals surface area contributed by atoms with Crippen molar-refractivity contribution in [2.45, 2.75) is 20.4 Å². The number of nitrogens with zero attached hydrogens (tertiary/aromatic N) is 3. The van der Waals surface area contributed by atoms with E-state index in [1.807, 2.05) is 25.1 Å². The van der Waals surface area contributed by atoms with E-state index < -0.39 is 0 Å². The number of amides is 1. The Morgan fingerprint density at radius 3 is 2.65 bits per heavy atom. The number of aromatic nitrogens is 2. The molecular weight excluding hydrogens is 252 g/mol. The number of anilines is 1. The van der Waals surface area contributed by atoms with Crippen molar-refractivity contribution in [3.63, 3.8) is 0 Å². The zero-order chi connectivity index (χ0) is 14.9. The highest BCUT2D eigenvalue weighted by Gasteiger charge is 2.21. The molecule has 0 radical (unpaired) electrons. The van der Waals surface area contributed by atoms with Gasteiger partial charge in [-0.05, 0) is 19.4 Å². The number of carbonyl (C=O) groups excluding carboxylic acids is 1. The molecule has 0 fully saturated rings. The summed E-state index contributed by atoms with van der Waals surface area (Å²) in [6.07, 6.45) is 0. The molecule has 5 nitrogen and oxygen atoms in total. The molecule has 2 N–H and O–H groups in total. The van der Waals surface area contributed by atoms with E-state index in [2.05, 4.69) is 11.2 Å². The largest absolute Gasteiger partial charge is 0.395 e. The minimum absolute atomic E-state index is 0.118. The molecule has 0 saturated carbocycles. The van der Waals surface area contributed by atoms with Gasteiger partial charge in [0.2, 0.25) is 0 Å². The van der Waals surface area contributed by atoms with Gasteiger partial charge >= 0.3 is 0 Å². The second-order valence-electron chi connectivity index (χ2n) is 5.12. The summed E-state index contributed by atoms with van der Waals surface area (Å²) in [6, 6.07) is 8.11. The maximum Gasteiger partial charge on any atom is 0.274 e. The maximum atomic E-state index is 12.5. The summed E-state index contributed by atoms with van der Waals surface area (Å²) in [5, 5.41) is 4.18. The molecule has 20 heavy (non-hydrogen) atoms. The Balaban J connectivity index is 2.21. The summed E-state index contributed by atoms with van der Waals surface area (Å²) >= 11 is 0. The van der Waals surface area contributed by atoms with E-state index in [1.54, 1.807) is 30.6 Å². The highest BCUT2D eigenvalue weighted by Crippen LogP contribution is 2.18. The van der Waals surface area contributed by atoms with Crippen molar-refractivity contribution in [2.75, 3.05) is 12.8 Å². The number of carbonyl (C=O) groups is 1. The summed E-state index contributed by atoms with van der Waals surface area (Å²) < 4.78 is 1.54. The summed E-state index contributed by atoms with van der Waals surface area (Å²) in [7, 11) is 3.50. The second-order valence-corrected chi connectivity index (χ2v) is 5.12. The second kappa shape index (κ2) is 5.36. The number of hydrogen-bond acceptors (Lipinski definition) is 3. The predicted molar refractivity (Wildman–Crippen MR) is 79.3 cm³/mol. The van der Waals surface area contributed by atoms with Crippen molar-refractivity contribution in [1.29, 1.82) is 0 Å². The standard InChI is InChI=1S/C15H20N4O/c1-10-6-5-7-12(8-10)9-18(3)15(20)14-13(16)11(2)17-19(14)4/h5-8H,9,16H2,1-4H3. The smallest absolute Gasteiger partial charge is 0.274 e. The van der Waals surface area contributed by atoms with Crippen LogP contribution in [0.3, 0.4) is 0 Å². The first kappa shape index (κ1) is 14.1. The van der Waals surface area contributed by atoms with Crippen LogP contribution in [0.2, 0.25) is 0 Å². The van der Waals surface area contributed by atoms with Gasteiger partial charge in [-0.1, -0.05) is 29.8 Å². The number of rotatable bonds is 3. The quantitative estimate of drug-likeness (QED) is 0.928. The van der Waals surface area contributed by atoms with E-state index in [4.69, 9.17) is 5.73 Å². The molecule has 1 aromatic heterocycles. The van der Waals surface area contributed by atoms with E-state index in [0.717, 1.165) is 5.56 Å². The Labute approximate surface area is 119 Å². The highest BCUT2D eigenvalue weighted by atomic mass is 16.2. The zero-order valence-corrected chi connectivity index (χ0v) is 12.3. The van der Waals surface area contributed by atoms with Crippen LogP contribution in [0.25, 0.3) is 0 Å². The van der Waals surface area contributed by atoms with Crippen molar-refractivity contribution >= 4 is 11.6 Å². The lowest BCUT2D eigenvalue weighted by molar-refractivity contribution is 0.0775. The SMILES string of the molecule is Cc1cccc(CN(C)C(=O)c2c(N)c(C)nn2C)c1. The average molecular weight is 272 g/mol. The van der Waals surface area contributed by atoms with Gasteiger partial charge in [-0.15, -0.1) is 0 Å². The van der Waals surface area contributed by atoms with Crippen LogP contribution in [0.5, 0.6) is 0 Å². The van der Waals surface area contributed by atoms with Gasteiger partial charge in [0.25, 0.3) is 5.91 Å². The molecule has 1 amide bonds. The summed E-state index contributed by atoms with van der Waals surface area (Å²) in [6.45, 7) is 4.38. The molecule has 0 bridgehead atoms. The van der Waals surface area contributed by atoms with Crippen LogP contribution in [0.4, 0.5) is 5.69 Å². The third-order valence-corrected chi connectivity index (χ3v) is 3.32. The number of nitrogen functional groups attached to an aromatic ring is 1. The molecule has 0 spiro atoms. The monoisotopic (exact) mass is 272 g/mol. The number of benzene rings is 1. The van der Waals surface area contributed by atoms with Gasteiger partial charge in [-0.25, -0.2) is 0 Å². The lowest BCUT2D eigenvalue weighted by Gasteiger charge is -2.18. The van der Waals surface area contributed by atoms with Crippen LogP contribution < -0.4 is 5.73 Å². The third kappa shape index (κ3) is 2.66. The normalized spacial score (nSPS) is 10.6. The van der Waals surface area contributed by atoms with E-state index in [9.17, 15) is 4.79 Å². The van der Waals surface area contributed by atoms with Gasteiger partial charge in [0.05, 0.1) is 11.4 Å². The van der Waals surface area contributed by atoms with Gasteiger partial charge in [0, 0.05) is 20.6 Å². The number of aryl methyl sites for hydroxylation is 3. The first-order chi connectivity index (χ1) is 9.40. The van der Waals surface area contributed by atoms with Crippen LogP contribution in [0.15, 0.2) is 24.3 Å². The van der Waals surface area contributed by atoms with Crippen molar-refractivity contribution in [3.05, 3.63) is 46.8 Å². The average Bonchev–Trinajstić information content (AvgIpc) is 2.62. The van der Waals surface area contributed by atoms with E-state index >= 15 is 0 Å². The van der Waals surface area contributed by atoms with Crippen molar-refractivity contribution in [3.8, 4) is 0 Å². The van der Waals surface area contributed by atoms with E-state index in [1.165, 1.54) is 5.56 Å². The molecule has 0 aliphatic rings. The lowest BCUT2D eigenvalue weighted by atomic mass is 10.1. The molecule has 2 rings (SSSR count). The summed E-state index contributed by atoms with van der Waals surface area (Å²) in [5.74, 6) is -0.118. The number of nitrogens with two attached hydrogens (primary N) is 1. The fraction of sp³-hybridized carbons (Fsp3) is 0.333. The first-order valence-corrected chi connectivity index (χ1v) is 6.50. The van der Waals surface area contributed by atoms with Crippen LogP contribution >= 0.6 is 0 Å². The molecule has 0 unspecified atom stereocenters. The molecule has 0 aliphatic heterocycles. The summed E-state index contributed by atoms with van der Waals surface area (Å²) in [4.78, 5) is 14.1. The van der Waals surface area contributed by atoms with Crippen LogP contribution in [0, 0.1) is 13.8 Å². The Hall–Kier alpha value is -2.30. The van der Waals surface area contributed by atoms with Gasteiger partial charge in [-0.2, -0.15) is 5.10 Å². The van der Waals surface area contributed by atoms with Gasteiger partial charge in [-0.3, -0.25) is 9.48 Å². The maximum absolute atomic E-state index is 12.5. The molecule has 0 aliphatic carbocycles. The number of hydrogen-bond donors (Lipinski definition) is 1. The fourth-order valence-electron chi connectivity index (χ4n) is 2.27. The Morgan fingerprint density at radius 1 is 1.40 bits per heavy atom. The topological polar surface area (TPSA) is 64.2 Å². The minimum atomic E-state index is -0.118. The molecule has 0 saturated heterocycles. The summed E-state index contributed by atoms with van der Waals surface area (Å²) in [5.41, 5.74) is 9.78. The Kier molecular flexibility index (Phi) is 3.79. The van der Waals surface area contributed by atoms with E-state index in [0.29, 0.717) is 23.6 Å². The Bertz CT molecular complexity index is 645. The van der Waals surface area contributed by atoms with Crippen LogP contribution in [0.1, 0.15) is 27.3 Å². The molecule has 106 valence electrons. The van der Waals surface area contributed by atoms with Crippen molar-refractivity contribution in [1.82, 2.24) is 14.7 Å². The first-order valence-electron chi connectivity index (χ1n) is 6.50. The van der Waals surface area contributed by atoms with Crippen LogP contribution in [-0.2, 0) is 13.6 Å². The molecule has 1 aromatic carbocycles. The van der Waals surface area contributed by atoms with Gasteiger partial charge in [0.15, 0.2) is 0 Å². The molecule has 1 heterocycles. The van der Waals surface area contributed by atoms with Crippen molar-refractivity contribution in [2.24, 2.45) is 7.05 Å². The highest BCUT2D eigenvalue weighted by molar-refractivity contribution is 5.97. The Morgan fingerprint density at radius 2 is 2.10 bits per heavy atom. The molecular formula is C15H20N4O. The molecule has 0 atom stereocenters. The predicted octanol–water partition coefficient (Wildman–Crippen LogP) is 1.89. The lowest BCUT2D eigenvalue weighted by Crippen LogP contribution is -2.28. The van der Waals surface area contributed by atoms with E-state index in [-0.39, 0.29) is 5.91 Å². The molecule has 5 heteroatoms. The van der Waals surface area contributed by atoms with Gasteiger partial charge in [0.1, 0.15) is 5.69 Å². The van der Waals surface area contributed by atoms with Gasteiger partial charge < -0.3 is 10.6 Å². The van der Waals surface area contributed by atoms with Crippen molar-refractivity contribution < 1.29 is 4.79 Å². The minimum Gasteiger partial charge on any atom is -0.395 e. The fourth-order valence-corrected chi connectivity index (χ4v) is 2.27. The third-order valence-electron chi connectivity index (χ3n) is 3.32. The van der Waals surface area contributed by atoms with Crippen LogP contribution in [-0.4, -0.2) is 27.6 Å². The molecule has 2 aromatic rings.